The fourth-order valence-corrected chi connectivity index (χ4v) is 2.66. The first-order valence-electron chi connectivity index (χ1n) is 7.55. The van der Waals surface area contributed by atoms with Crippen LogP contribution in [0.4, 0.5) is 0 Å². The Balaban J connectivity index is 1.84. The summed E-state index contributed by atoms with van der Waals surface area (Å²) in [5.41, 5.74) is 0.978. The third-order valence-electron chi connectivity index (χ3n) is 3.65. The fraction of sp³-hybridized carbons (Fsp3) is 0.500. The molecule has 120 valence electrons. The molecule has 0 aromatic heterocycles. The van der Waals surface area contributed by atoms with Crippen molar-refractivity contribution in [2.24, 2.45) is 5.92 Å². The highest BCUT2D eigenvalue weighted by atomic mass is 35.5. The van der Waals surface area contributed by atoms with Crippen LogP contribution in [0.15, 0.2) is 18.2 Å². The second kappa shape index (κ2) is 8.03. The van der Waals surface area contributed by atoms with E-state index < -0.39 is 0 Å². The molecule has 0 bridgehead atoms. The zero-order valence-electron chi connectivity index (χ0n) is 12.7. The van der Waals surface area contributed by atoms with Gasteiger partial charge in [0.25, 0.3) is 0 Å². The van der Waals surface area contributed by atoms with Gasteiger partial charge in [0.2, 0.25) is 11.8 Å². The molecular formula is C16H21ClN2O3. The molecule has 1 aromatic carbocycles. The highest BCUT2D eigenvalue weighted by Crippen LogP contribution is 2.23. The summed E-state index contributed by atoms with van der Waals surface area (Å²) in [7, 11) is 0. The average molecular weight is 325 g/mol. The van der Waals surface area contributed by atoms with Crippen LogP contribution in [0.1, 0.15) is 25.3 Å². The number of benzene rings is 1. The van der Waals surface area contributed by atoms with E-state index in [1.807, 2.05) is 19.1 Å². The predicted molar refractivity (Wildman–Crippen MR) is 85.1 cm³/mol. The number of rotatable bonds is 6. The molecule has 2 N–H and O–H groups in total. The van der Waals surface area contributed by atoms with Crippen molar-refractivity contribution in [3.05, 3.63) is 28.8 Å². The summed E-state index contributed by atoms with van der Waals surface area (Å²) in [6, 6.07) is 5.50. The molecule has 1 aliphatic rings. The van der Waals surface area contributed by atoms with E-state index in [4.69, 9.17) is 16.3 Å². The Morgan fingerprint density at radius 3 is 3.00 bits per heavy atom. The maximum absolute atomic E-state index is 12.1. The summed E-state index contributed by atoms with van der Waals surface area (Å²) < 4.78 is 5.56. The molecule has 5 nitrogen and oxygen atoms in total. The number of ether oxygens (including phenoxy) is 1. The minimum absolute atomic E-state index is 0.0139. The molecule has 22 heavy (non-hydrogen) atoms. The molecule has 1 aliphatic heterocycles. The topological polar surface area (TPSA) is 67.4 Å². The quantitative estimate of drug-likeness (QED) is 0.840. The molecule has 1 fully saturated rings. The molecule has 1 heterocycles. The van der Waals surface area contributed by atoms with Crippen molar-refractivity contribution < 1.29 is 14.3 Å². The Hall–Kier alpha value is -1.75. The van der Waals surface area contributed by atoms with Crippen LogP contribution in [0, 0.1) is 5.92 Å². The van der Waals surface area contributed by atoms with Crippen LogP contribution in [0.3, 0.4) is 0 Å². The van der Waals surface area contributed by atoms with Crippen molar-refractivity contribution >= 4 is 23.4 Å². The minimum Gasteiger partial charge on any atom is -0.494 e. The van der Waals surface area contributed by atoms with Gasteiger partial charge in [-0.05, 0) is 43.5 Å². The second-order valence-electron chi connectivity index (χ2n) is 5.27. The summed E-state index contributed by atoms with van der Waals surface area (Å²) in [6.45, 7) is 3.45. The lowest BCUT2D eigenvalue weighted by Crippen LogP contribution is -2.43. The Kier molecular flexibility index (Phi) is 6.07. The minimum atomic E-state index is -0.136. The lowest BCUT2D eigenvalue weighted by molar-refractivity contribution is -0.128. The zero-order valence-corrected chi connectivity index (χ0v) is 13.4. The number of hydrogen-bond acceptors (Lipinski definition) is 3. The van der Waals surface area contributed by atoms with Crippen LogP contribution in [0.2, 0.25) is 5.02 Å². The van der Waals surface area contributed by atoms with Gasteiger partial charge in [-0.1, -0.05) is 11.6 Å². The first kappa shape index (κ1) is 16.6. The van der Waals surface area contributed by atoms with E-state index in [2.05, 4.69) is 10.6 Å². The number of hydrogen-bond donors (Lipinski definition) is 2. The Labute approximate surface area is 135 Å². The van der Waals surface area contributed by atoms with Gasteiger partial charge >= 0.3 is 0 Å². The summed E-state index contributed by atoms with van der Waals surface area (Å²) in [6.07, 6.45) is 1.68. The van der Waals surface area contributed by atoms with E-state index in [0.717, 1.165) is 11.3 Å². The standard InChI is InChI=1S/C16H21ClN2O3/c1-2-22-14-5-4-13(17)9-11(14)7-8-18-16(21)12-3-6-15(20)19-10-12/h4-5,9,12H,2-3,6-8,10H2,1H3,(H,18,21)(H,19,20)/t12-/m0/s1. The molecule has 1 saturated heterocycles. The van der Waals surface area contributed by atoms with Gasteiger partial charge in [-0.25, -0.2) is 0 Å². The van der Waals surface area contributed by atoms with Gasteiger partial charge in [0.1, 0.15) is 5.75 Å². The second-order valence-corrected chi connectivity index (χ2v) is 5.70. The molecule has 0 radical (unpaired) electrons. The van der Waals surface area contributed by atoms with Crippen molar-refractivity contribution in [2.75, 3.05) is 19.7 Å². The van der Waals surface area contributed by atoms with Crippen LogP contribution in [-0.4, -0.2) is 31.5 Å². The Morgan fingerprint density at radius 1 is 1.50 bits per heavy atom. The molecule has 1 aromatic rings. The van der Waals surface area contributed by atoms with E-state index in [9.17, 15) is 9.59 Å². The first-order valence-corrected chi connectivity index (χ1v) is 7.93. The van der Waals surface area contributed by atoms with E-state index in [0.29, 0.717) is 44.0 Å². The molecule has 0 aliphatic carbocycles. The van der Waals surface area contributed by atoms with Gasteiger partial charge in [-0.2, -0.15) is 0 Å². The maximum Gasteiger partial charge on any atom is 0.224 e. The molecule has 0 unspecified atom stereocenters. The number of carbonyl (C=O) groups excluding carboxylic acids is 2. The third kappa shape index (κ3) is 4.63. The van der Waals surface area contributed by atoms with Gasteiger partial charge in [0.05, 0.1) is 12.5 Å². The highest BCUT2D eigenvalue weighted by Gasteiger charge is 2.23. The molecule has 2 rings (SSSR count). The van der Waals surface area contributed by atoms with E-state index in [1.165, 1.54) is 0 Å². The van der Waals surface area contributed by atoms with E-state index in [1.54, 1.807) is 6.07 Å². The predicted octanol–water partition coefficient (Wildman–Crippen LogP) is 1.92. The van der Waals surface area contributed by atoms with Crippen molar-refractivity contribution in [3.8, 4) is 5.75 Å². The summed E-state index contributed by atoms with van der Waals surface area (Å²) >= 11 is 6.01. The lowest BCUT2D eigenvalue weighted by atomic mass is 9.98. The largest absolute Gasteiger partial charge is 0.494 e. The number of carbonyl (C=O) groups is 2. The van der Waals surface area contributed by atoms with Gasteiger partial charge in [0, 0.05) is 24.5 Å². The van der Waals surface area contributed by atoms with Crippen LogP contribution < -0.4 is 15.4 Å². The number of piperidine rings is 1. The van der Waals surface area contributed by atoms with Crippen LogP contribution in [0.5, 0.6) is 5.75 Å². The van der Waals surface area contributed by atoms with Gasteiger partial charge in [-0.15, -0.1) is 0 Å². The molecule has 1 atom stereocenters. The van der Waals surface area contributed by atoms with Crippen LogP contribution >= 0.6 is 11.6 Å². The Morgan fingerprint density at radius 2 is 2.32 bits per heavy atom. The van der Waals surface area contributed by atoms with Crippen molar-refractivity contribution in [3.63, 3.8) is 0 Å². The number of nitrogens with one attached hydrogen (secondary N) is 2. The molecule has 0 spiro atoms. The van der Waals surface area contributed by atoms with Crippen molar-refractivity contribution in [1.82, 2.24) is 10.6 Å². The lowest BCUT2D eigenvalue weighted by Gasteiger charge is -2.21. The van der Waals surface area contributed by atoms with E-state index in [-0.39, 0.29) is 17.7 Å². The monoisotopic (exact) mass is 324 g/mol. The molecule has 2 amide bonds. The van der Waals surface area contributed by atoms with Gasteiger partial charge in [0.15, 0.2) is 0 Å². The highest BCUT2D eigenvalue weighted by molar-refractivity contribution is 6.30. The summed E-state index contributed by atoms with van der Waals surface area (Å²) in [5, 5.41) is 6.29. The van der Waals surface area contributed by atoms with Gasteiger partial charge < -0.3 is 15.4 Å². The van der Waals surface area contributed by atoms with Crippen LogP contribution in [-0.2, 0) is 16.0 Å². The van der Waals surface area contributed by atoms with Crippen molar-refractivity contribution in [2.45, 2.75) is 26.2 Å². The fourth-order valence-electron chi connectivity index (χ4n) is 2.46. The number of halogens is 1. The van der Waals surface area contributed by atoms with E-state index >= 15 is 0 Å². The smallest absolute Gasteiger partial charge is 0.224 e. The van der Waals surface area contributed by atoms with Crippen molar-refractivity contribution in [1.29, 1.82) is 0 Å². The molecular weight excluding hydrogens is 304 g/mol. The molecule has 0 saturated carbocycles. The normalized spacial score (nSPS) is 17.7. The molecule has 6 heteroatoms. The summed E-state index contributed by atoms with van der Waals surface area (Å²) in [4.78, 5) is 23.1. The van der Waals surface area contributed by atoms with Crippen LogP contribution in [0.25, 0.3) is 0 Å². The average Bonchev–Trinajstić information content (AvgIpc) is 2.50. The third-order valence-corrected chi connectivity index (χ3v) is 3.89. The first-order chi connectivity index (χ1) is 10.6. The number of amides is 2. The summed E-state index contributed by atoms with van der Waals surface area (Å²) in [5.74, 6) is 0.666. The maximum atomic E-state index is 12.1. The zero-order chi connectivity index (χ0) is 15.9. The Bertz CT molecular complexity index is 538. The van der Waals surface area contributed by atoms with Gasteiger partial charge in [-0.3, -0.25) is 9.59 Å². The SMILES string of the molecule is CCOc1ccc(Cl)cc1CCNC(=O)[C@H]1CCC(=O)NC1.